The normalized spacial score (nSPS) is 31.6. The van der Waals surface area contributed by atoms with Gasteiger partial charge in [0.25, 0.3) is 0 Å². The number of ether oxygens (including phenoxy) is 1. The van der Waals surface area contributed by atoms with Crippen molar-refractivity contribution >= 4 is 0 Å². The van der Waals surface area contributed by atoms with Gasteiger partial charge in [0.05, 0.1) is 6.10 Å². The Labute approximate surface area is 80.3 Å². The van der Waals surface area contributed by atoms with E-state index in [0.29, 0.717) is 18.1 Å². The molecule has 0 spiro atoms. The summed E-state index contributed by atoms with van der Waals surface area (Å²) in [5.41, 5.74) is 0.298. The van der Waals surface area contributed by atoms with Crippen LogP contribution in [-0.2, 0) is 4.74 Å². The second-order valence-corrected chi connectivity index (χ2v) is 4.69. The van der Waals surface area contributed by atoms with Crippen LogP contribution in [-0.4, -0.2) is 24.4 Å². The zero-order valence-corrected chi connectivity index (χ0v) is 8.30. The molecule has 0 radical (unpaired) electrons. The Kier molecular flexibility index (Phi) is 2.89. The van der Waals surface area contributed by atoms with Gasteiger partial charge >= 0.3 is 0 Å². The molecule has 76 valence electrons. The molecule has 13 heavy (non-hydrogen) atoms. The van der Waals surface area contributed by atoms with Gasteiger partial charge in [-0.1, -0.05) is 6.42 Å². The second-order valence-electron chi connectivity index (χ2n) is 4.69. The van der Waals surface area contributed by atoms with Crippen LogP contribution >= 0.6 is 0 Å². The maximum Gasteiger partial charge on any atom is 0.0576 e. The first-order valence-corrected chi connectivity index (χ1v) is 5.57. The molecule has 1 N–H and O–H groups in total. The number of hydrogen-bond acceptors (Lipinski definition) is 2. The minimum Gasteiger partial charge on any atom is -0.396 e. The van der Waals surface area contributed by atoms with E-state index >= 15 is 0 Å². The Hall–Kier alpha value is -0.0800. The third-order valence-electron chi connectivity index (χ3n) is 3.77. The highest BCUT2D eigenvalue weighted by Gasteiger charge is 2.36. The fourth-order valence-electron chi connectivity index (χ4n) is 2.50. The molecule has 1 heterocycles. The molecule has 0 aromatic heterocycles. The Bertz CT molecular complexity index is 152. The van der Waals surface area contributed by atoms with E-state index in [-0.39, 0.29) is 0 Å². The average molecular weight is 184 g/mol. The molecule has 0 aromatic rings. The van der Waals surface area contributed by atoms with Crippen LogP contribution in [0, 0.1) is 5.41 Å². The Morgan fingerprint density at radius 2 is 2.15 bits per heavy atom. The van der Waals surface area contributed by atoms with Gasteiger partial charge in [-0.05, 0) is 43.9 Å². The molecule has 1 unspecified atom stereocenters. The van der Waals surface area contributed by atoms with Gasteiger partial charge < -0.3 is 9.84 Å². The Balaban J connectivity index is 1.71. The summed E-state index contributed by atoms with van der Waals surface area (Å²) in [7, 11) is 0. The quantitative estimate of drug-likeness (QED) is 0.725. The van der Waals surface area contributed by atoms with E-state index in [2.05, 4.69) is 0 Å². The summed E-state index contributed by atoms with van der Waals surface area (Å²) < 4.78 is 5.58. The van der Waals surface area contributed by atoms with Crippen LogP contribution in [0.4, 0.5) is 0 Å². The van der Waals surface area contributed by atoms with E-state index in [1.165, 1.54) is 44.9 Å². The molecule has 1 aliphatic carbocycles. The van der Waals surface area contributed by atoms with Crippen molar-refractivity contribution in [3.8, 4) is 0 Å². The number of rotatable bonds is 4. The van der Waals surface area contributed by atoms with Crippen LogP contribution in [0.2, 0.25) is 0 Å². The highest BCUT2D eigenvalue weighted by molar-refractivity contribution is 4.87. The van der Waals surface area contributed by atoms with Crippen molar-refractivity contribution in [2.75, 3.05) is 13.2 Å². The number of hydrogen-bond donors (Lipinski definition) is 1. The minimum absolute atomic E-state index is 0.298. The van der Waals surface area contributed by atoms with Crippen molar-refractivity contribution in [2.45, 2.75) is 51.0 Å². The summed E-state index contributed by atoms with van der Waals surface area (Å²) in [6.07, 6.45) is 9.09. The fourth-order valence-corrected chi connectivity index (χ4v) is 2.50. The van der Waals surface area contributed by atoms with Crippen molar-refractivity contribution in [1.29, 1.82) is 0 Å². The van der Waals surface area contributed by atoms with Crippen molar-refractivity contribution in [1.82, 2.24) is 0 Å². The first kappa shape index (κ1) is 9.47. The first-order valence-electron chi connectivity index (χ1n) is 5.57. The summed E-state index contributed by atoms with van der Waals surface area (Å²) in [6, 6.07) is 0. The van der Waals surface area contributed by atoms with Gasteiger partial charge in [-0.15, -0.1) is 0 Å². The lowest BCUT2D eigenvalue weighted by atomic mass is 9.66. The van der Waals surface area contributed by atoms with Crippen molar-refractivity contribution in [3.63, 3.8) is 0 Å². The minimum atomic E-state index is 0.298. The van der Waals surface area contributed by atoms with Crippen molar-refractivity contribution in [2.24, 2.45) is 5.41 Å². The molecule has 2 fully saturated rings. The first-order chi connectivity index (χ1) is 6.35. The summed E-state index contributed by atoms with van der Waals surface area (Å²) in [6.45, 7) is 1.34. The molecule has 2 rings (SSSR count). The Morgan fingerprint density at radius 3 is 2.62 bits per heavy atom. The van der Waals surface area contributed by atoms with E-state index < -0.39 is 0 Å². The van der Waals surface area contributed by atoms with Crippen molar-refractivity contribution in [3.05, 3.63) is 0 Å². The topological polar surface area (TPSA) is 29.5 Å². The molecular formula is C11H20O2. The molecule has 0 bridgehead atoms. The third kappa shape index (κ3) is 2.05. The predicted octanol–water partition coefficient (Wildman–Crippen LogP) is 2.11. The van der Waals surface area contributed by atoms with Gasteiger partial charge in [-0.25, -0.2) is 0 Å². The smallest absolute Gasteiger partial charge is 0.0576 e. The Morgan fingerprint density at radius 1 is 1.31 bits per heavy atom. The summed E-state index contributed by atoms with van der Waals surface area (Å²) in [5, 5.41) is 9.27. The molecule has 1 saturated carbocycles. The van der Waals surface area contributed by atoms with Crippen LogP contribution in [0.3, 0.4) is 0 Å². The molecule has 0 amide bonds. The molecule has 1 aliphatic heterocycles. The lowest BCUT2D eigenvalue weighted by Crippen LogP contribution is -2.34. The number of aliphatic hydroxyl groups is 1. The van der Waals surface area contributed by atoms with E-state index in [1.807, 2.05) is 0 Å². The zero-order chi connectivity index (χ0) is 9.15. The van der Waals surface area contributed by atoms with Crippen molar-refractivity contribution < 1.29 is 9.84 Å². The molecular weight excluding hydrogens is 164 g/mol. The second kappa shape index (κ2) is 3.97. The molecule has 2 aliphatic rings. The van der Waals surface area contributed by atoms with Crippen LogP contribution in [0.5, 0.6) is 0 Å². The summed E-state index contributed by atoms with van der Waals surface area (Å²) in [5.74, 6) is 0. The van der Waals surface area contributed by atoms with Gasteiger partial charge in [-0.2, -0.15) is 0 Å². The standard InChI is InChI=1S/C11H20O2/c12-9-11(5-2-6-11)7-4-10-3-1-8-13-10/h10,12H,1-9H2. The van der Waals surface area contributed by atoms with E-state index in [4.69, 9.17) is 4.74 Å². The molecule has 2 heteroatoms. The molecule has 2 nitrogen and oxygen atoms in total. The SMILES string of the molecule is OCC1(CCC2CCCO2)CCC1. The van der Waals surface area contributed by atoms with E-state index in [0.717, 1.165) is 6.61 Å². The lowest BCUT2D eigenvalue weighted by molar-refractivity contribution is 0.0147. The van der Waals surface area contributed by atoms with Gasteiger partial charge in [0.2, 0.25) is 0 Å². The van der Waals surface area contributed by atoms with Gasteiger partial charge in [0, 0.05) is 13.2 Å². The highest BCUT2D eigenvalue weighted by Crippen LogP contribution is 2.45. The fraction of sp³-hybridized carbons (Fsp3) is 1.00. The van der Waals surface area contributed by atoms with Gasteiger partial charge in [0.1, 0.15) is 0 Å². The summed E-state index contributed by atoms with van der Waals surface area (Å²) in [4.78, 5) is 0. The lowest BCUT2D eigenvalue weighted by Gasteiger charge is -2.41. The third-order valence-corrected chi connectivity index (χ3v) is 3.77. The van der Waals surface area contributed by atoms with E-state index in [1.54, 1.807) is 0 Å². The largest absolute Gasteiger partial charge is 0.396 e. The maximum absolute atomic E-state index is 9.27. The van der Waals surface area contributed by atoms with Crippen LogP contribution < -0.4 is 0 Å². The van der Waals surface area contributed by atoms with Gasteiger partial charge in [-0.3, -0.25) is 0 Å². The molecule has 0 aromatic carbocycles. The maximum atomic E-state index is 9.27. The predicted molar refractivity (Wildman–Crippen MR) is 51.6 cm³/mol. The zero-order valence-electron chi connectivity index (χ0n) is 8.30. The molecule has 1 atom stereocenters. The molecule has 1 saturated heterocycles. The number of aliphatic hydroxyl groups excluding tert-OH is 1. The highest BCUT2D eigenvalue weighted by atomic mass is 16.5. The monoisotopic (exact) mass is 184 g/mol. The summed E-state index contributed by atoms with van der Waals surface area (Å²) >= 11 is 0. The van der Waals surface area contributed by atoms with Crippen LogP contribution in [0.25, 0.3) is 0 Å². The van der Waals surface area contributed by atoms with Crippen LogP contribution in [0.15, 0.2) is 0 Å². The van der Waals surface area contributed by atoms with E-state index in [9.17, 15) is 5.11 Å². The van der Waals surface area contributed by atoms with Gasteiger partial charge in [0.15, 0.2) is 0 Å². The average Bonchev–Trinajstić information content (AvgIpc) is 2.56. The van der Waals surface area contributed by atoms with Crippen LogP contribution in [0.1, 0.15) is 44.9 Å².